The number of furan rings is 1. The number of aromatic nitrogens is 1. The Kier molecular flexibility index (Phi) is 6.26. The molecule has 1 fully saturated rings. The number of pyridine rings is 1. The van der Waals surface area contributed by atoms with Gasteiger partial charge in [0, 0.05) is 22.7 Å². The summed E-state index contributed by atoms with van der Waals surface area (Å²) < 4.78 is 46.4. The number of aromatic amines is 1. The average molecular weight is 490 g/mol. The molecule has 10 heteroatoms. The summed E-state index contributed by atoms with van der Waals surface area (Å²) in [5.74, 6) is -1.23. The second-order valence-electron chi connectivity index (χ2n) is 9.85. The molecule has 0 aliphatic carbocycles. The second-order valence-corrected chi connectivity index (χ2v) is 11.6. The molecule has 1 saturated heterocycles. The third-order valence-electron chi connectivity index (χ3n) is 6.12. The van der Waals surface area contributed by atoms with Crippen LogP contribution in [0.4, 0.5) is 4.39 Å². The summed E-state index contributed by atoms with van der Waals surface area (Å²) in [6.07, 6.45) is 3.99. The number of Topliss-reactive ketones (excluding diaryl/α,β-unsaturated/α-hetero) is 1. The van der Waals surface area contributed by atoms with Crippen LogP contribution in [-0.2, 0) is 15.4 Å². The van der Waals surface area contributed by atoms with Gasteiger partial charge in [-0.3, -0.25) is 9.59 Å². The number of nitrogens with one attached hydrogen (secondary N) is 3. The van der Waals surface area contributed by atoms with Gasteiger partial charge in [0.1, 0.15) is 17.7 Å². The Hall–Kier alpha value is -2.82. The van der Waals surface area contributed by atoms with Crippen molar-refractivity contribution in [1.82, 2.24) is 15.0 Å². The van der Waals surface area contributed by atoms with Crippen LogP contribution in [0.5, 0.6) is 0 Å². The van der Waals surface area contributed by atoms with Crippen molar-refractivity contribution in [3.05, 3.63) is 58.0 Å². The van der Waals surface area contributed by atoms with Crippen molar-refractivity contribution < 1.29 is 22.0 Å². The molecule has 3 heterocycles. The summed E-state index contributed by atoms with van der Waals surface area (Å²) in [6, 6.07) is 3.56. The summed E-state index contributed by atoms with van der Waals surface area (Å²) in [4.78, 5) is 28.5. The van der Waals surface area contributed by atoms with Crippen molar-refractivity contribution in [2.45, 2.75) is 38.6 Å². The van der Waals surface area contributed by atoms with Crippen LogP contribution in [0.25, 0.3) is 22.1 Å². The molecule has 2 aromatic heterocycles. The number of fused-ring (bicyclic) bond motifs is 1. The molecule has 1 aromatic carbocycles. The zero-order chi connectivity index (χ0) is 24.8. The maximum atomic E-state index is 14.0. The van der Waals surface area contributed by atoms with Gasteiger partial charge in [0.05, 0.1) is 17.9 Å². The number of rotatable bonds is 6. The van der Waals surface area contributed by atoms with Crippen molar-refractivity contribution in [3.8, 4) is 11.1 Å². The molecule has 0 bridgehead atoms. The lowest BCUT2D eigenvalue weighted by Gasteiger charge is -2.22. The molecule has 34 heavy (non-hydrogen) atoms. The number of carbonyl (C=O) groups is 1. The van der Waals surface area contributed by atoms with Gasteiger partial charge < -0.3 is 14.7 Å². The fraction of sp³-hybridized carbons (Fsp3) is 0.417. The standard InChI is InChI=1S/C24H28FN3O5S/c1-24(2,3)19-8-14(16-9-15(25)11-27-23(16)30)7-17-18(12-33-22(17)19)21(29)20(28-34(4,31)32)13-5-6-26-10-13/h7-9,11-13,20,26,28H,5-6,10H2,1-4H3,(H,27,30)/t13?,20-/m0/s1. The van der Waals surface area contributed by atoms with Crippen molar-refractivity contribution in [2.24, 2.45) is 5.92 Å². The summed E-state index contributed by atoms with van der Waals surface area (Å²) in [6.45, 7) is 7.08. The number of hydrogen-bond donors (Lipinski definition) is 3. The minimum absolute atomic E-state index is 0.123. The van der Waals surface area contributed by atoms with Gasteiger partial charge in [-0.15, -0.1) is 0 Å². The monoisotopic (exact) mass is 489 g/mol. The maximum absolute atomic E-state index is 14.0. The van der Waals surface area contributed by atoms with Crippen LogP contribution in [0.2, 0.25) is 0 Å². The predicted octanol–water partition coefficient (Wildman–Crippen LogP) is 2.93. The molecule has 0 amide bonds. The highest BCUT2D eigenvalue weighted by Gasteiger charge is 2.35. The van der Waals surface area contributed by atoms with E-state index < -0.39 is 38.6 Å². The zero-order valence-corrected chi connectivity index (χ0v) is 20.3. The van der Waals surface area contributed by atoms with Gasteiger partial charge in [-0.05, 0) is 54.6 Å². The highest BCUT2D eigenvalue weighted by Crippen LogP contribution is 2.37. The number of benzene rings is 1. The minimum Gasteiger partial charge on any atom is -0.463 e. The van der Waals surface area contributed by atoms with E-state index in [1.807, 2.05) is 20.8 Å². The fourth-order valence-corrected chi connectivity index (χ4v) is 5.20. The van der Waals surface area contributed by atoms with E-state index in [1.54, 1.807) is 12.1 Å². The lowest BCUT2D eigenvalue weighted by atomic mass is 9.83. The molecule has 182 valence electrons. The zero-order valence-electron chi connectivity index (χ0n) is 19.5. The van der Waals surface area contributed by atoms with Gasteiger partial charge in [-0.2, -0.15) is 0 Å². The third-order valence-corrected chi connectivity index (χ3v) is 6.80. The van der Waals surface area contributed by atoms with Crippen LogP contribution in [0, 0.1) is 11.7 Å². The van der Waals surface area contributed by atoms with E-state index in [-0.39, 0.29) is 17.0 Å². The Labute approximate surface area is 197 Å². The van der Waals surface area contributed by atoms with Crippen LogP contribution in [0.1, 0.15) is 43.1 Å². The first-order chi connectivity index (χ1) is 15.8. The molecule has 4 rings (SSSR count). The molecule has 3 aromatic rings. The van der Waals surface area contributed by atoms with Gasteiger partial charge in [0.25, 0.3) is 5.56 Å². The van der Waals surface area contributed by atoms with Gasteiger partial charge in [0.2, 0.25) is 10.0 Å². The van der Waals surface area contributed by atoms with E-state index in [4.69, 9.17) is 4.42 Å². The average Bonchev–Trinajstić information content (AvgIpc) is 3.41. The number of halogens is 1. The molecule has 0 saturated carbocycles. The predicted molar refractivity (Wildman–Crippen MR) is 128 cm³/mol. The second kappa shape index (κ2) is 8.75. The molecule has 8 nitrogen and oxygen atoms in total. The number of hydrogen-bond acceptors (Lipinski definition) is 6. The first kappa shape index (κ1) is 24.3. The summed E-state index contributed by atoms with van der Waals surface area (Å²) in [5, 5.41) is 3.61. The Bertz CT molecular complexity index is 1410. The Morgan fingerprint density at radius 1 is 1.26 bits per heavy atom. The largest absolute Gasteiger partial charge is 0.463 e. The molecule has 0 spiro atoms. The number of sulfonamides is 1. The van der Waals surface area contributed by atoms with Crippen LogP contribution >= 0.6 is 0 Å². The van der Waals surface area contributed by atoms with Crippen LogP contribution in [0.15, 0.2) is 39.9 Å². The van der Waals surface area contributed by atoms with E-state index in [0.29, 0.717) is 36.0 Å². The molecular formula is C24H28FN3O5S. The van der Waals surface area contributed by atoms with Gasteiger partial charge >= 0.3 is 0 Å². The quantitative estimate of drug-likeness (QED) is 0.458. The maximum Gasteiger partial charge on any atom is 0.256 e. The van der Waals surface area contributed by atoms with Crippen LogP contribution < -0.4 is 15.6 Å². The van der Waals surface area contributed by atoms with Gasteiger partial charge in [0.15, 0.2) is 5.78 Å². The Morgan fingerprint density at radius 3 is 2.62 bits per heavy atom. The van der Waals surface area contributed by atoms with Crippen molar-refractivity contribution in [3.63, 3.8) is 0 Å². The highest BCUT2D eigenvalue weighted by atomic mass is 32.2. The Morgan fingerprint density at radius 2 is 2.00 bits per heavy atom. The fourth-order valence-electron chi connectivity index (χ4n) is 4.44. The van der Waals surface area contributed by atoms with E-state index in [2.05, 4.69) is 15.0 Å². The Balaban J connectivity index is 1.92. The van der Waals surface area contributed by atoms with Crippen molar-refractivity contribution >= 4 is 26.8 Å². The molecule has 1 aliphatic heterocycles. The number of ketones is 1. The van der Waals surface area contributed by atoms with Gasteiger partial charge in [-0.1, -0.05) is 20.8 Å². The van der Waals surface area contributed by atoms with Crippen LogP contribution in [0.3, 0.4) is 0 Å². The molecular weight excluding hydrogens is 461 g/mol. The van der Waals surface area contributed by atoms with E-state index >= 15 is 0 Å². The molecule has 1 unspecified atom stereocenters. The van der Waals surface area contributed by atoms with Gasteiger partial charge in [-0.25, -0.2) is 17.5 Å². The molecule has 1 aliphatic rings. The summed E-state index contributed by atoms with van der Waals surface area (Å²) in [5.41, 5.74) is 1.08. The number of H-pyrrole nitrogens is 1. The molecule has 0 radical (unpaired) electrons. The van der Waals surface area contributed by atoms with Crippen molar-refractivity contribution in [1.29, 1.82) is 0 Å². The normalized spacial score (nSPS) is 17.9. The molecule has 3 N–H and O–H groups in total. The SMILES string of the molecule is CC(C)(C)c1cc(-c2cc(F)c[nH]c2=O)cc2c(C(=O)[C@@H](NS(C)(=O)=O)C3CCNC3)coc12. The van der Waals surface area contributed by atoms with Crippen molar-refractivity contribution in [2.75, 3.05) is 19.3 Å². The van der Waals surface area contributed by atoms with E-state index in [1.165, 1.54) is 6.26 Å². The number of carbonyl (C=O) groups excluding carboxylic acids is 1. The van der Waals surface area contributed by atoms with E-state index in [9.17, 15) is 22.4 Å². The van der Waals surface area contributed by atoms with Crippen LogP contribution in [-0.4, -0.2) is 44.6 Å². The first-order valence-electron chi connectivity index (χ1n) is 11.0. The molecule has 2 atom stereocenters. The summed E-state index contributed by atoms with van der Waals surface area (Å²) >= 11 is 0. The van der Waals surface area contributed by atoms with E-state index in [0.717, 1.165) is 24.1 Å². The smallest absolute Gasteiger partial charge is 0.256 e. The lowest BCUT2D eigenvalue weighted by Crippen LogP contribution is -2.46. The first-order valence-corrected chi connectivity index (χ1v) is 12.9. The lowest BCUT2D eigenvalue weighted by molar-refractivity contribution is 0.0927. The third kappa shape index (κ3) is 4.84. The summed E-state index contributed by atoms with van der Waals surface area (Å²) in [7, 11) is -3.66. The topological polar surface area (TPSA) is 121 Å². The minimum atomic E-state index is -3.66. The highest BCUT2D eigenvalue weighted by molar-refractivity contribution is 7.88.